The molecule has 0 spiro atoms. The van der Waals surface area contributed by atoms with Gasteiger partial charge in [0.25, 0.3) is 0 Å². The van der Waals surface area contributed by atoms with Gasteiger partial charge in [-0.15, -0.1) is 10.2 Å². The number of hydrogen-bond acceptors (Lipinski definition) is 5. The minimum atomic E-state index is -1.07. The SMILES string of the molecule is COc1nnc(NCC2CCC2)cc1C(=O)O. The highest BCUT2D eigenvalue weighted by atomic mass is 16.5. The number of nitrogens with one attached hydrogen (secondary N) is 1. The van der Waals surface area contributed by atoms with Crippen LogP contribution >= 0.6 is 0 Å². The lowest BCUT2D eigenvalue weighted by atomic mass is 9.85. The zero-order valence-electron chi connectivity index (χ0n) is 9.64. The van der Waals surface area contributed by atoms with Crippen molar-refractivity contribution in [3.8, 4) is 5.88 Å². The van der Waals surface area contributed by atoms with Gasteiger partial charge in [-0.2, -0.15) is 0 Å². The molecule has 0 bridgehead atoms. The van der Waals surface area contributed by atoms with Crippen LogP contribution in [0.3, 0.4) is 0 Å². The first-order valence-corrected chi connectivity index (χ1v) is 5.59. The van der Waals surface area contributed by atoms with E-state index < -0.39 is 5.97 Å². The molecule has 6 nitrogen and oxygen atoms in total. The number of carboxylic acid groups (broad SMARTS) is 1. The van der Waals surface area contributed by atoms with E-state index in [1.165, 1.54) is 32.4 Å². The molecule has 2 rings (SSSR count). The molecule has 0 amide bonds. The van der Waals surface area contributed by atoms with E-state index in [0.717, 1.165) is 6.54 Å². The first-order valence-electron chi connectivity index (χ1n) is 5.59. The van der Waals surface area contributed by atoms with Crippen molar-refractivity contribution in [2.24, 2.45) is 5.92 Å². The van der Waals surface area contributed by atoms with Crippen molar-refractivity contribution in [1.82, 2.24) is 10.2 Å². The number of carboxylic acids is 1. The van der Waals surface area contributed by atoms with Crippen LogP contribution in [0.1, 0.15) is 29.6 Å². The van der Waals surface area contributed by atoms with E-state index in [1.54, 1.807) is 0 Å². The van der Waals surface area contributed by atoms with Crippen LogP contribution in [0.15, 0.2) is 6.07 Å². The van der Waals surface area contributed by atoms with Crippen LogP contribution in [0.2, 0.25) is 0 Å². The molecular formula is C11H15N3O3. The summed E-state index contributed by atoms with van der Waals surface area (Å²) in [5.74, 6) is 0.123. The van der Waals surface area contributed by atoms with Crippen LogP contribution in [0.4, 0.5) is 5.82 Å². The highest BCUT2D eigenvalue weighted by molar-refractivity contribution is 5.90. The average molecular weight is 237 g/mol. The molecule has 1 saturated carbocycles. The molecule has 92 valence electrons. The van der Waals surface area contributed by atoms with E-state index in [4.69, 9.17) is 9.84 Å². The van der Waals surface area contributed by atoms with Crippen molar-refractivity contribution < 1.29 is 14.6 Å². The smallest absolute Gasteiger partial charge is 0.341 e. The minimum absolute atomic E-state index is 0.0265. The third-order valence-corrected chi connectivity index (χ3v) is 2.98. The third kappa shape index (κ3) is 2.64. The van der Waals surface area contributed by atoms with Gasteiger partial charge in [0.1, 0.15) is 11.4 Å². The molecule has 1 aromatic rings. The number of methoxy groups -OCH3 is 1. The maximum Gasteiger partial charge on any atom is 0.341 e. The molecule has 1 fully saturated rings. The third-order valence-electron chi connectivity index (χ3n) is 2.98. The summed E-state index contributed by atoms with van der Waals surface area (Å²) in [7, 11) is 1.37. The zero-order valence-corrected chi connectivity index (χ0v) is 9.64. The van der Waals surface area contributed by atoms with Gasteiger partial charge in [-0.3, -0.25) is 0 Å². The fourth-order valence-corrected chi connectivity index (χ4v) is 1.72. The van der Waals surface area contributed by atoms with Crippen molar-refractivity contribution in [2.45, 2.75) is 19.3 Å². The summed E-state index contributed by atoms with van der Waals surface area (Å²) in [6.45, 7) is 0.820. The van der Waals surface area contributed by atoms with Crippen molar-refractivity contribution >= 4 is 11.8 Å². The Morgan fingerprint density at radius 1 is 1.59 bits per heavy atom. The lowest BCUT2D eigenvalue weighted by Gasteiger charge is -2.25. The molecule has 0 atom stereocenters. The monoisotopic (exact) mass is 237 g/mol. The number of ether oxygens (including phenoxy) is 1. The summed E-state index contributed by atoms with van der Waals surface area (Å²) >= 11 is 0. The van der Waals surface area contributed by atoms with E-state index in [-0.39, 0.29) is 11.4 Å². The largest absolute Gasteiger partial charge is 0.479 e. The van der Waals surface area contributed by atoms with Gasteiger partial charge in [0.05, 0.1) is 7.11 Å². The Hall–Kier alpha value is -1.85. The van der Waals surface area contributed by atoms with Gasteiger partial charge in [0.2, 0.25) is 5.88 Å². The quantitative estimate of drug-likeness (QED) is 0.805. The molecule has 0 unspecified atom stereocenters. The molecular weight excluding hydrogens is 222 g/mol. The van der Waals surface area contributed by atoms with Gasteiger partial charge in [0.15, 0.2) is 0 Å². The van der Waals surface area contributed by atoms with Gasteiger partial charge in [0, 0.05) is 12.6 Å². The molecule has 0 radical (unpaired) electrons. The molecule has 1 aromatic heterocycles. The molecule has 6 heteroatoms. The van der Waals surface area contributed by atoms with E-state index in [2.05, 4.69) is 15.5 Å². The predicted octanol–water partition coefficient (Wildman–Crippen LogP) is 1.40. The maximum absolute atomic E-state index is 11.0. The van der Waals surface area contributed by atoms with Crippen molar-refractivity contribution in [2.75, 3.05) is 19.0 Å². The Morgan fingerprint density at radius 2 is 2.35 bits per heavy atom. The van der Waals surface area contributed by atoms with Crippen molar-refractivity contribution in [3.05, 3.63) is 11.6 Å². The molecule has 2 N–H and O–H groups in total. The first kappa shape index (κ1) is 11.6. The van der Waals surface area contributed by atoms with Gasteiger partial charge in [-0.25, -0.2) is 4.79 Å². The Kier molecular flexibility index (Phi) is 3.41. The summed E-state index contributed by atoms with van der Waals surface area (Å²) < 4.78 is 4.84. The average Bonchev–Trinajstić information content (AvgIpc) is 2.26. The maximum atomic E-state index is 11.0. The first-order chi connectivity index (χ1) is 8.20. The van der Waals surface area contributed by atoms with E-state index >= 15 is 0 Å². The fraction of sp³-hybridized carbons (Fsp3) is 0.545. The molecule has 1 aliphatic rings. The number of aromatic nitrogens is 2. The number of aromatic carboxylic acids is 1. The number of carbonyl (C=O) groups is 1. The van der Waals surface area contributed by atoms with Gasteiger partial charge < -0.3 is 15.2 Å². The van der Waals surface area contributed by atoms with Crippen LogP contribution in [0, 0.1) is 5.92 Å². The van der Waals surface area contributed by atoms with Gasteiger partial charge >= 0.3 is 5.97 Å². The van der Waals surface area contributed by atoms with Crippen LogP contribution < -0.4 is 10.1 Å². The van der Waals surface area contributed by atoms with E-state index in [0.29, 0.717) is 11.7 Å². The number of hydrogen-bond donors (Lipinski definition) is 2. The number of anilines is 1. The van der Waals surface area contributed by atoms with Crippen molar-refractivity contribution in [1.29, 1.82) is 0 Å². The Bertz CT molecular complexity index is 418. The van der Waals surface area contributed by atoms with E-state index in [9.17, 15) is 4.79 Å². The van der Waals surface area contributed by atoms with Crippen LogP contribution in [0.25, 0.3) is 0 Å². The van der Waals surface area contributed by atoms with Crippen LogP contribution in [-0.2, 0) is 0 Å². The topological polar surface area (TPSA) is 84.3 Å². The van der Waals surface area contributed by atoms with Crippen LogP contribution in [0.5, 0.6) is 5.88 Å². The molecule has 17 heavy (non-hydrogen) atoms. The van der Waals surface area contributed by atoms with Gasteiger partial charge in [-0.1, -0.05) is 6.42 Å². The number of nitrogens with zero attached hydrogens (tertiary/aromatic N) is 2. The second kappa shape index (κ2) is 4.99. The van der Waals surface area contributed by atoms with E-state index in [1.807, 2.05) is 0 Å². The normalized spacial score (nSPS) is 15.1. The lowest BCUT2D eigenvalue weighted by molar-refractivity contribution is 0.0692. The highest BCUT2D eigenvalue weighted by Crippen LogP contribution is 2.26. The Labute approximate surface area is 99.0 Å². The number of rotatable bonds is 5. The Morgan fingerprint density at radius 3 is 2.88 bits per heavy atom. The summed E-state index contributed by atoms with van der Waals surface area (Å²) in [5, 5.41) is 19.7. The minimum Gasteiger partial charge on any atom is -0.479 e. The van der Waals surface area contributed by atoms with Crippen molar-refractivity contribution in [3.63, 3.8) is 0 Å². The molecule has 1 heterocycles. The summed E-state index contributed by atoms with van der Waals surface area (Å²) in [4.78, 5) is 11.0. The second-order valence-electron chi connectivity index (χ2n) is 4.14. The zero-order chi connectivity index (χ0) is 12.3. The molecule has 0 aliphatic heterocycles. The fourth-order valence-electron chi connectivity index (χ4n) is 1.72. The summed E-state index contributed by atoms with van der Waals surface area (Å²) in [6, 6.07) is 1.45. The second-order valence-corrected chi connectivity index (χ2v) is 4.14. The standard InChI is InChI=1S/C11H15N3O3/c1-17-10-8(11(15)16)5-9(13-14-10)12-6-7-3-2-4-7/h5,7H,2-4,6H2,1H3,(H,12,13)(H,15,16). The van der Waals surface area contributed by atoms with Gasteiger partial charge in [-0.05, 0) is 18.8 Å². The highest BCUT2D eigenvalue weighted by Gasteiger charge is 2.18. The molecule has 1 aliphatic carbocycles. The summed E-state index contributed by atoms with van der Waals surface area (Å²) in [6.07, 6.45) is 3.73. The Balaban J connectivity index is 2.06. The predicted molar refractivity (Wildman–Crippen MR) is 61.4 cm³/mol. The lowest BCUT2D eigenvalue weighted by Crippen LogP contribution is -2.21. The summed E-state index contributed by atoms with van der Waals surface area (Å²) in [5.41, 5.74) is 0.0265. The molecule has 0 saturated heterocycles. The molecule has 0 aromatic carbocycles. The van der Waals surface area contributed by atoms with Crippen LogP contribution in [-0.4, -0.2) is 34.9 Å².